The molecule has 0 aliphatic rings. The maximum atomic E-state index is 5.96. The Balaban J connectivity index is 2.05. The van der Waals surface area contributed by atoms with E-state index in [1.165, 1.54) is 5.56 Å². The Morgan fingerprint density at radius 3 is 2.56 bits per heavy atom. The van der Waals surface area contributed by atoms with E-state index in [0.29, 0.717) is 0 Å². The Kier molecular flexibility index (Phi) is 2.76. The van der Waals surface area contributed by atoms with E-state index in [4.69, 9.17) is 4.42 Å². The van der Waals surface area contributed by atoms with Crippen LogP contribution < -0.4 is 4.57 Å². The van der Waals surface area contributed by atoms with Crippen LogP contribution in [0.25, 0.3) is 22.1 Å². The highest BCUT2D eigenvalue weighted by atomic mass is 32.1. The highest BCUT2D eigenvalue weighted by Crippen LogP contribution is 2.27. The van der Waals surface area contributed by atoms with Gasteiger partial charge in [0.15, 0.2) is 0 Å². The second-order valence-corrected chi connectivity index (χ2v) is 5.30. The van der Waals surface area contributed by atoms with Crippen molar-refractivity contribution >= 4 is 11.3 Å². The standard InChI is InChI=1S/C15H14NOS/c1-11-5-7-12(8-6-11)13-10-16(2)15(17-13)14-4-3-9-18-14/h3-10H,1-2H3/q+1. The molecule has 3 heteroatoms. The van der Waals surface area contributed by atoms with Crippen LogP contribution in [-0.4, -0.2) is 0 Å². The van der Waals surface area contributed by atoms with Crippen molar-refractivity contribution in [1.82, 2.24) is 0 Å². The first-order valence-corrected chi connectivity index (χ1v) is 6.72. The van der Waals surface area contributed by atoms with Crippen LogP contribution in [0.15, 0.2) is 52.4 Å². The molecular formula is C15H14NOS+. The third kappa shape index (κ3) is 1.97. The first-order chi connectivity index (χ1) is 8.74. The third-order valence-corrected chi connectivity index (χ3v) is 3.76. The average molecular weight is 256 g/mol. The molecule has 0 unspecified atom stereocenters. The van der Waals surface area contributed by atoms with Gasteiger partial charge in [-0.3, -0.25) is 0 Å². The molecule has 2 nitrogen and oxygen atoms in total. The molecule has 2 heterocycles. The lowest BCUT2D eigenvalue weighted by Crippen LogP contribution is -2.26. The van der Waals surface area contributed by atoms with Gasteiger partial charge >= 0.3 is 5.89 Å². The Hall–Kier alpha value is -1.87. The zero-order chi connectivity index (χ0) is 12.5. The molecule has 0 radical (unpaired) electrons. The summed E-state index contributed by atoms with van der Waals surface area (Å²) in [6.07, 6.45) is 2.03. The molecule has 0 bridgehead atoms. The maximum absolute atomic E-state index is 5.96. The van der Waals surface area contributed by atoms with Crippen LogP contribution in [0.4, 0.5) is 0 Å². The van der Waals surface area contributed by atoms with Gasteiger partial charge in [0.1, 0.15) is 11.9 Å². The topological polar surface area (TPSA) is 17.0 Å². The van der Waals surface area contributed by atoms with Crippen molar-refractivity contribution in [1.29, 1.82) is 0 Å². The fourth-order valence-corrected chi connectivity index (χ4v) is 2.66. The van der Waals surface area contributed by atoms with Crippen molar-refractivity contribution in [3.63, 3.8) is 0 Å². The predicted molar refractivity (Wildman–Crippen MR) is 73.4 cm³/mol. The summed E-state index contributed by atoms with van der Waals surface area (Å²) in [5.74, 6) is 1.81. The highest BCUT2D eigenvalue weighted by molar-refractivity contribution is 7.13. The molecule has 0 aliphatic heterocycles. The highest BCUT2D eigenvalue weighted by Gasteiger charge is 2.19. The monoisotopic (exact) mass is 256 g/mol. The molecule has 0 saturated carbocycles. The molecule has 0 amide bonds. The lowest BCUT2D eigenvalue weighted by Gasteiger charge is -1.94. The third-order valence-electron chi connectivity index (χ3n) is 2.91. The SMILES string of the molecule is Cc1ccc(-c2c[n+](C)c(-c3cccs3)o2)cc1. The molecule has 0 fully saturated rings. The van der Waals surface area contributed by atoms with Crippen molar-refractivity contribution in [3.05, 3.63) is 53.5 Å². The van der Waals surface area contributed by atoms with Gasteiger partial charge < -0.3 is 4.42 Å². The summed E-state index contributed by atoms with van der Waals surface area (Å²) in [5.41, 5.74) is 2.37. The van der Waals surface area contributed by atoms with Gasteiger partial charge in [-0.25, -0.2) is 0 Å². The van der Waals surface area contributed by atoms with Crippen LogP contribution in [-0.2, 0) is 7.05 Å². The molecule has 0 spiro atoms. The van der Waals surface area contributed by atoms with Crippen LogP contribution >= 0.6 is 11.3 Å². The van der Waals surface area contributed by atoms with Crippen molar-refractivity contribution in [2.45, 2.75) is 6.92 Å². The molecule has 3 aromatic rings. The van der Waals surface area contributed by atoms with E-state index in [1.807, 2.05) is 23.9 Å². The van der Waals surface area contributed by atoms with Gasteiger partial charge in [0, 0.05) is 5.56 Å². The summed E-state index contributed by atoms with van der Waals surface area (Å²) in [4.78, 5) is 1.15. The first-order valence-electron chi connectivity index (χ1n) is 5.84. The van der Waals surface area contributed by atoms with E-state index in [2.05, 4.69) is 42.6 Å². The second kappa shape index (κ2) is 4.42. The summed E-state index contributed by atoms with van der Waals surface area (Å²) in [5, 5.41) is 2.06. The number of benzene rings is 1. The van der Waals surface area contributed by atoms with E-state index in [9.17, 15) is 0 Å². The number of aromatic nitrogens is 1. The largest absolute Gasteiger partial charge is 0.397 e. The maximum Gasteiger partial charge on any atom is 0.391 e. The molecule has 0 saturated heterocycles. The molecule has 0 aliphatic carbocycles. The van der Waals surface area contributed by atoms with Gasteiger partial charge in [0.05, 0.1) is 0 Å². The minimum Gasteiger partial charge on any atom is -0.397 e. The van der Waals surface area contributed by atoms with Crippen molar-refractivity contribution in [2.75, 3.05) is 0 Å². The first kappa shape index (κ1) is 11.2. The smallest absolute Gasteiger partial charge is 0.391 e. The summed E-state index contributed by atoms with van der Waals surface area (Å²) < 4.78 is 7.99. The van der Waals surface area contributed by atoms with E-state index >= 15 is 0 Å². The van der Waals surface area contributed by atoms with Crippen LogP contribution in [0.5, 0.6) is 0 Å². The van der Waals surface area contributed by atoms with Crippen molar-refractivity contribution < 1.29 is 8.98 Å². The van der Waals surface area contributed by atoms with Crippen molar-refractivity contribution in [2.24, 2.45) is 7.05 Å². The molecular weight excluding hydrogens is 242 g/mol. The number of oxazole rings is 1. The van der Waals surface area contributed by atoms with Gasteiger partial charge in [0.25, 0.3) is 0 Å². The Bertz CT molecular complexity index is 650. The normalized spacial score (nSPS) is 10.8. The zero-order valence-corrected chi connectivity index (χ0v) is 11.2. The number of aryl methyl sites for hydroxylation is 2. The fourth-order valence-electron chi connectivity index (χ4n) is 1.91. The number of hydrogen-bond acceptors (Lipinski definition) is 2. The number of nitrogens with zero attached hydrogens (tertiary/aromatic N) is 1. The number of hydrogen-bond donors (Lipinski definition) is 0. The quantitative estimate of drug-likeness (QED) is 0.637. The van der Waals surface area contributed by atoms with E-state index < -0.39 is 0 Å². The van der Waals surface area contributed by atoms with Crippen LogP contribution in [0.2, 0.25) is 0 Å². The molecule has 0 atom stereocenters. The second-order valence-electron chi connectivity index (χ2n) is 4.35. The Labute approximate surface area is 110 Å². The minimum atomic E-state index is 0.903. The number of rotatable bonds is 2. The zero-order valence-electron chi connectivity index (χ0n) is 10.4. The van der Waals surface area contributed by atoms with Gasteiger partial charge in [-0.05, 0) is 18.4 Å². The summed E-state index contributed by atoms with van der Waals surface area (Å²) in [6.45, 7) is 2.09. The van der Waals surface area contributed by atoms with Gasteiger partial charge in [0.2, 0.25) is 12.0 Å². The van der Waals surface area contributed by atoms with E-state index in [-0.39, 0.29) is 0 Å². The van der Waals surface area contributed by atoms with E-state index in [0.717, 1.165) is 22.1 Å². The van der Waals surface area contributed by atoms with Crippen molar-refractivity contribution in [3.8, 4) is 22.1 Å². The molecule has 1 aromatic carbocycles. The van der Waals surface area contributed by atoms with Crippen LogP contribution in [0.1, 0.15) is 5.56 Å². The van der Waals surface area contributed by atoms with Gasteiger partial charge in [-0.1, -0.05) is 35.9 Å². The van der Waals surface area contributed by atoms with Gasteiger partial charge in [-0.2, -0.15) is 4.57 Å². The molecule has 0 N–H and O–H groups in total. The van der Waals surface area contributed by atoms with Gasteiger partial charge in [-0.15, -0.1) is 11.3 Å². The fraction of sp³-hybridized carbons (Fsp3) is 0.133. The Morgan fingerprint density at radius 2 is 1.89 bits per heavy atom. The molecule has 90 valence electrons. The van der Waals surface area contributed by atoms with Crippen LogP contribution in [0.3, 0.4) is 0 Å². The molecule has 3 rings (SSSR count). The predicted octanol–water partition coefficient (Wildman–Crippen LogP) is 3.81. The minimum absolute atomic E-state index is 0.903. The summed E-state index contributed by atoms with van der Waals surface area (Å²) in [7, 11) is 2.01. The number of thiophene rings is 1. The summed E-state index contributed by atoms with van der Waals surface area (Å²) >= 11 is 1.69. The van der Waals surface area contributed by atoms with Crippen LogP contribution in [0, 0.1) is 6.92 Å². The lowest BCUT2D eigenvalue weighted by molar-refractivity contribution is -0.662. The average Bonchev–Trinajstić information content (AvgIpc) is 2.99. The van der Waals surface area contributed by atoms with E-state index in [1.54, 1.807) is 11.3 Å². The molecule has 18 heavy (non-hydrogen) atoms. The molecule has 2 aromatic heterocycles. The summed E-state index contributed by atoms with van der Waals surface area (Å²) in [6, 6.07) is 12.5. The Morgan fingerprint density at radius 1 is 1.11 bits per heavy atom. The lowest BCUT2D eigenvalue weighted by atomic mass is 10.1.